The van der Waals surface area contributed by atoms with Gasteiger partial charge in [-0.1, -0.05) is 169 Å². The van der Waals surface area contributed by atoms with Crippen LogP contribution in [0.25, 0.3) is 107 Å². The minimum Gasteiger partial charge on any atom is -0.308 e. The van der Waals surface area contributed by atoms with E-state index in [-0.39, 0.29) is 5.56 Å². The van der Waals surface area contributed by atoms with Crippen molar-refractivity contribution in [2.24, 2.45) is 0 Å². The molecular formula is C57H37F3N6. The van der Waals surface area contributed by atoms with Crippen LogP contribution >= 0.6 is 0 Å². The van der Waals surface area contributed by atoms with E-state index >= 15 is 0 Å². The van der Waals surface area contributed by atoms with Crippen LogP contribution in [0.4, 0.5) is 13.2 Å². The molecular weight excluding hydrogens is 826 g/mol. The zero-order chi connectivity index (χ0) is 44.8. The summed E-state index contributed by atoms with van der Waals surface area (Å²) >= 11 is 0. The summed E-state index contributed by atoms with van der Waals surface area (Å²) in [5, 5.41) is 1.82. The van der Waals surface area contributed by atoms with E-state index in [4.69, 9.17) is 24.9 Å². The maximum atomic E-state index is 14.7. The summed E-state index contributed by atoms with van der Waals surface area (Å²) in [4.78, 5) is 25.7. The van der Waals surface area contributed by atoms with Gasteiger partial charge in [-0.3, -0.25) is 0 Å². The largest absolute Gasteiger partial charge is 0.417 e. The van der Waals surface area contributed by atoms with Crippen LogP contribution in [0.3, 0.4) is 0 Å². The van der Waals surface area contributed by atoms with Crippen molar-refractivity contribution in [3.63, 3.8) is 0 Å². The van der Waals surface area contributed by atoms with E-state index < -0.39 is 11.7 Å². The molecule has 6 nitrogen and oxygen atoms in total. The van der Waals surface area contributed by atoms with Gasteiger partial charge in [0.25, 0.3) is 0 Å². The van der Waals surface area contributed by atoms with Gasteiger partial charge in [-0.25, -0.2) is 24.9 Å². The van der Waals surface area contributed by atoms with Crippen molar-refractivity contribution in [3.05, 3.63) is 217 Å². The molecule has 3 heterocycles. The van der Waals surface area contributed by atoms with Crippen LogP contribution in [0.2, 0.25) is 0 Å². The fourth-order valence-electron chi connectivity index (χ4n) is 8.61. The highest BCUT2D eigenvalue weighted by Crippen LogP contribution is 2.42. The molecule has 0 aliphatic heterocycles. The molecule has 9 heteroatoms. The summed E-state index contributed by atoms with van der Waals surface area (Å²) in [5.74, 6) is 1.92. The van der Waals surface area contributed by atoms with Gasteiger partial charge >= 0.3 is 6.18 Å². The van der Waals surface area contributed by atoms with E-state index in [9.17, 15) is 13.2 Å². The number of hydrogen-bond acceptors (Lipinski definition) is 5. The Kier molecular flexibility index (Phi) is 10.1. The van der Waals surface area contributed by atoms with Crippen molar-refractivity contribution in [2.45, 2.75) is 13.1 Å². The van der Waals surface area contributed by atoms with Gasteiger partial charge < -0.3 is 4.57 Å². The fraction of sp³-hybridized carbons (Fsp3) is 0.0351. The summed E-state index contributed by atoms with van der Waals surface area (Å²) in [7, 11) is 0. The van der Waals surface area contributed by atoms with Crippen LogP contribution in [0.15, 0.2) is 206 Å². The first-order valence-electron chi connectivity index (χ1n) is 21.5. The number of aryl methyl sites for hydroxylation is 1. The normalized spacial score (nSPS) is 11.6. The lowest BCUT2D eigenvalue weighted by atomic mass is 9.96. The maximum absolute atomic E-state index is 14.7. The Morgan fingerprint density at radius 1 is 0.364 bits per heavy atom. The number of hydrogen-bond donors (Lipinski definition) is 0. The van der Waals surface area contributed by atoms with E-state index in [1.807, 2.05) is 182 Å². The van der Waals surface area contributed by atoms with Gasteiger partial charge in [0.15, 0.2) is 23.3 Å². The number of halogens is 3. The summed E-state index contributed by atoms with van der Waals surface area (Å²) in [6.45, 7) is 1.67. The van der Waals surface area contributed by atoms with Gasteiger partial charge in [0.1, 0.15) is 0 Å². The van der Waals surface area contributed by atoms with E-state index in [0.29, 0.717) is 51.2 Å². The van der Waals surface area contributed by atoms with Crippen LogP contribution in [-0.4, -0.2) is 29.5 Å². The minimum absolute atomic E-state index is 0.104. The van der Waals surface area contributed by atoms with Crippen molar-refractivity contribution in [2.75, 3.05) is 0 Å². The number of alkyl halides is 3. The first-order chi connectivity index (χ1) is 32.2. The van der Waals surface area contributed by atoms with Crippen molar-refractivity contribution in [3.8, 4) is 84.9 Å². The lowest BCUT2D eigenvalue weighted by Gasteiger charge is -2.17. The standard InChI is InChI=1S/C57H37F3N6/c1-36-26-29-43(47(32-36)57(58,59)60)41-27-30-45-44-24-14-15-25-50(44)66(52(45)34-41)51-31-28-42(55-64-53(39-20-10-4-11-21-39)63-54(65-55)40-22-12-5-13-23-40)33-46(51)56-61-48(37-16-6-2-7-17-37)35-49(62-56)38-18-8-3-9-19-38/h2-35H,1H3. The molecule has 0 aliphatic rings. The SMILES string of the molecule is Cc1ccc(-c2ccc3c4ccccc4n(-c4ccc(-c5nc(-c6ccccc6)nc(-c6ccccc6)n5)cc4-c4nc(-c5ccccc5)cc(-c5ccccc5)n4)c3c2)c(C(F)(F)F)c1. The lowest BCUT2D eigenvalue weighted by Crippen LogP contribution is -2.07. The number of aromatic nitrogens is 6. The molecule has 11 aromatic rings. The van der Waals surface area contributed by atoms with Crippen molar-refractivity contribution >= 4 is 21.8 Å². The highest BCUT2D eigenvalue weighted by Gasteiger charge is 2.34. The number of para-hydroxylation sites is 1. The molecule has 0 fully saturated rings. The van der Waals surface area contributed by atoms with E-state index in [2.05, 4.69) is 4.57 Å². The second kappa shape index (κ2) is 16.5. The molecule has 0 spiro atoms. The van der Waals surface area contributed by atoms with Crippen molar-refractivity contribution in [1.82, 2.24) is 29.5 Å². The minimum atomic E-state index is -4.56. The van der Waals surface area contributed by atoms with Crippen LogP contribution in [0.5, 0.6) is 0 Å². The second-order valence-electron chi connectivity index (χ2n) is 16.1. The lowest BCUT2D eigenvalue weighted by molar-refractivity contribution is -0.137. The van der Waals surface area contributed by atoms with Gasteiger partial charge in [0.2, 0.25) is 0 Å². The summed E-state index contributed by atoms with van der Waals surface area (Å²) in [6.07, 6.45) is -4.56. The highest BCUT2D eigenvalue weighted by atomic mass is 19.4. The van der Waals surface area contributed by atoms with Crippen LogP contribution in [0.1, 0.15) is 11.1 Å². The molecule has 66 heavy (non-hydrogen) atoms. The smallest absolute Gasteiger partial charge is 0.308 e. The van der Waals surface area contributed by atoms with Gasteiger partial charge in [0, 0.05) is 44.2 Å². The number of fused-ring (bicyclic) bond motifs is 3. The molecule has 0 N–H and O–H groups in total. The van der Waals surface area contributed by atoms with E-state index in [1.54, 1.807) is 25.1 Å². The van der Waals surface area contributed by atoms with Crippen molar-refractivity contribution < 1.29 is 13.2 Å². The Morgan fingerprint density at radius 2 is 0.864 bits per heavy atom. The molecule has 0 saturated carbocycles. The number of rotatable bonds is 8. The van der Waals surface area contributed by atoms with Crippen molar-refractivity contribution in [1.29, 1.82) is 0 Å². The quantitative estimate of drug-likeness (QED) is 0.152. The average Bonchev–Trinajstić information content (AvgIpc) is 3.70. The summed E-state index contributed by atoms with van der Waals surface area (Å²) in [5.41, 5.74) is 8.97. The maximum Gasteiger partial charge on any atom is 0.417 e. The Bertz CT molecular complexity index is 3460. The molecule has 0 bridgehead atoms. The summed E-state index contributed by atoms with van der Waals surface area (Å²) < 4.78 is 46.1. The fourth-order valence-corrected chi connectivity index (χ4v) is 8.61. The molecule has 0 atom stereocenters. The molecule has 0 unspecified atom stereocenters. The Morgan fingerprint density at radius 3 is 1.44 bits per heavy atom. The monoisotopic (exact) mass is 862 g/mol. The zero-order valence-electron chi connectivity index (χ0n) is 35.4. The summed E-state index contributed by atoms with van der Waals surface area (Å²) in [6, 6.07) is 65.6. The first-order valence-corrected chi connectivity index (χ1v) is 21.5. The van der Waals surface area contributed by atoms with Crippen LogP contribution in [0, 0.1) is 6.92 Å². The van der Waals surface area contributed by atoms with Gasteiger partial charge in [0.05, 0.1) is 33.7 Å². The Hall–Kier alpha value is -8.56. The number of benzene rings is 8. The average molecular weight is 863 g/mol. The topological polar surface area (TPSA) is 69.4 Å². The van der Waals surface area contributed by atoms with Gasteiger partial charge in [-0.05, 0) is 60.5 Å². The van der Waals surface area contributed by atoms with E-state index in [0.717, 1.165) is 55.4 Å². The predicted octanol–water partition coefficient (Wildman–Crippen LogP) is 14.8. The molecule has 316 valence electrons. The predicted molar refractivity (Wildman–Crippen MR) is 258 cm³/mol. The molecule has 11 rings (SSSR count). The Balaban J connectivity index is 1.21. The molecule has 0 saturated heterocycles. The van der Waals surface area contributed by atoms with Crippen LogP contribution < -0.4 is 0 Å². The Labute approximate surface area is 378 Å². The molecule has 0 aliphatic carbocycles. The second-order valence-corrected chi connectivity index (χ2v) is 16.1. The molecule has 0 amide bonds. The van der Waals surface area contributed by atoms with Gasteiger partial charge in [-0.2, -0.15) is 13.2 Å². The van der Waals surface area contributed by atoms with E-state index in [1.165, 1.54) is 6.07 Å². The first kappa shape index (κ1) is 40.2. The molecule has 0 radical (unpaired) electrons. The van der Waals surface area contributed by atoms with Crippen LogP contribution in [-0.2, 0) is 6.18 Å². The third-order valence-electron chi connectivity index (χ3n) is 11.8. The third kappa shape index (κ3) is 7.56. The number of nitrogens with zero attached hydrogens (tertiary/aromatic N) is 6. The molecule has 3 aromatic heterocycles. The molecule has 8 aromatic carbocycles. The highest BCUT2D eigenvalue weighted by molar-refractivity contribution is 6.11. The third-order valence-corrected chi connectivity index (χ3v) is 11.8. The van der Waals surface area contributed by atoms with Gasteiger partial charge in [-0.15, -0.1) is 0 Å². The zero-order valence-corrected chi connectivity index (χ0v) is 35.4.